The largest absolute Gasteiger partial charge is 0.521 e. The average Bonchev–Trinajstić information content (AvgIpc) is 3.00. The van der Waals surface area contributed by atoms with Gasteiger partial charge in [-0.2, -0.15) is 9.28 Å². The summed E-state index contributed by atoms with van der Waals surface area (Å²) in [5.74, 6) is -0.604. The molecule has 1 N–H and O–H groups in total. The van der Waals surface area contributed by atoms with Gasteiger partial charge in [0, 0.05) is 25.3 Å². The second-order valence-corrected chi connectivity index (χ2v) is 8.01. The molecule has 140 valence electrons. The van der Waals surface area contributed by atoms with Gasteiger partial charge in [-0.1, -0.05) is 42.1 Å². The molecule has 1 aromatic carbocycles. The molecule has 1 fully saturated rings. The molecule has 0 aliphatic carbocycles. The fourth-order valence-corrected chi connectivity index (χ4v) is 4.40. The monoisotopic (exact) mass is 378 g/mol. The molecule has 1 aliphatic rings. The molecular formula is C19H24NO5S+. The number of benzene rings is 1. The van der Waals surface area contributed by atoms with Gasteiger partial charge in [0.2, 0.25) is 0 Å². The van der Waals surface area contributed by atoms with Crippen molar-refractivity contribution in [1.82, 2.24) is 0 Å². The molecule has 7 heteroatoms. The smallest absolute Gasteiger partial charge is 0.435 e. The molecule has 2 unspecified atom stereocenters. The van der Waals surface area contributed by atoms with Crippen LogP contribution in [0.1, 0.15) is 49.9 Å². The predicted molar refractivity (Wildman–Crippen MR) is 98.9 cm³/mol. The second kappa shape index (κ2) is 8.60. The van der Waals surface area contributed by atoms with Crippen LogP contribution in [0.15, 0.2) is 30.3 Å². The van der Waals surface area contributed by atoms with E-state index >= 15 is 0 Å². The number of amides is 2. The maximum Gasteiger partial charge on any atom is 0.521 e. The second-order valence-electron chi connectivity index (χ2n) is 6.63. The van der Waals surface area contributed by atoms with E-state index in [0.29, 0.717) is 18.4 Å². The van der Waals surface area contributed by atoms with Crippen LogP contribution in [0.5, 0.6) is 0 Å². The van der Waals surface area contributed by atoms with E-state index in [9.17, 15) is 24.3 Å². The fourth-order valence-electron chi connectivity index (χ4n) is 3.52. The molecule has 2 rings (SSSR count). The zero-order chi connectivity index (χ0) is 19.3. The van der Waals surface area contributed by atoms with E-state index < -0.39 is 21.7 Å². The number of ketones is 1. The molecule has 1 aromatic rings. The number of carbonyl (C=O) groups excluding carboxylic acids is 3. The van der Waals surface area contributed by atoms with E-state index in [0.717, 1.165) is 11.8 Å². The summed E-state index contributed by atoms with van der Waals surface area (Å²) in [7, 11) is 0. The number of thioether (sulfide) groups is 1. The number of hydrogen-bond acceptors (Lipinski definition) is 5. The van der Waals surface area contributed by atoms with E-state index in [-0.39, 0.29) is 36.3 Å². The molecule has 0 aromatic heterocycles. The van der Waals surface area contributed by atoms with Gasteiger partial charge in [-0.15, -0.1) is 0 Å². The Labute approximate surface area is 157 Å². The van der Waals surface area contributed by atoms with Crippen LogP contribution in [0.4, 0.5) is 4.79 Å². The first kappa shape index (κ1) is 20.3. The number of rotatable bonds is 6. The molecule has 6 nitrogen and oxygen atoms in total. The summed E-state index contributed by atoms with van der Waals surface area (Å²) in [6.45, 7) is 3.44. The number of nitrogens with zero attached hydrogens (tertiary/aromatic N) is 1. The minimum atomic E-state index is -1.13. The minimum absolute atomic E-state index is 0.0415. The summed E-state index contributed by atoms with van der Waals surface area (Å²) < 4.78 is -0.572. The summed E-state index contributed by atoms with van der Waals surface area (Å²) in [6.07, 6.45) is 0.349. The minimum Gasteiger partial charge on any atom is -0.435 e. The van der Waals surface area contributed by atoms with Crippen LogP contribution in [0.25, 0.3) is 0 Å². The lowest BCUT2D eigenvalue weighted by Crippen LogP contribution is -2.58. The Morgan fingerprint density at radius 2 is 1.88 bits per heavy atom. The van der Waals surface area contributed by atoms with Crippen molar-refractivity contribution in [2.75, 3.05) is 6.54 Å². The number of hydrogen-bond donors (Lipinski definition) is 1. The molecule has 1 heterocycles. The van der Waals surface area contributed by atoms with Crippen molar-refractivity contribution in [3.8, 4) is 0 Å². The summed E-state index contributed by atoms with van der Waals surface area (Å²) in [5, 5.41) is 8.73. The number of Topliss-reactive ketones (excluding diaryl/α,β-unsaturated/α-hetero) is 1. The number of imide groups is 1. The van der Waals surface area contributed by atoms with Crippen LogP contribution in [-0.4, -0.2) is 50.3 Å². The number of quaternary nitrogens is 1. The van der Waals surface area contributed by atoms with Gasteiger partial charge in [0.1, 0.15) is 6.04 Å². The Morgan fingerprint density at radius 1 is 1.23 bits per heavy atom. The molecule has 0 spiro atoms. The van der Waals surface area contributed by atoms with Crippen LogP contribution in [-0.2, 0) is 9.59 Å². The van der Waals surface area contributed by atoms with Gasteiger partial charge >= 0.3 is 12.0 Å². The molecule has 3 atom stereocenters. The van der Waals surface area contributed by atoms with Crippen molar-refractivity contribution in [3.63, 3.8) is 0 Å². The van der Waals surface area contributed by atoms with Crippen molar-refractivity contribution >= 4 is 34.7 Å². The van der Waals surface area contributed by atoms with E-state index in [2.05, 4.69) is 0 Å². The maximum atomic E-state index is 12.8. The van der Waals surface area contributed by atoms with E-state index in [1.54, 1.807) is 37.3 Å². The quantitative estimate of drug-likeness (QED) is 0.602. The lowest BCUT2D eigenvalue weighted by molar-refractivity contribution is -0.792. The number of likely N-dealkylation sites (tertiary alicyclic amines) is 1. The first-order valence-corrected chi connectivity index (χ1v) is 9.58. The molecule has 0 radical (unpaired) electrons. The standard InChI is InChI=1S/C19H23NO5S/c1-13-7-6-12-20(13,19(24)25)17(22)11-10-16(26-14(2)21)18(23)15-8-4-3-5-9-15/h3-5,8-9,13,16H,6-7,10-12H2,1-2H3/p+1/t13-,16?,20?/m1/s1. The molecule has 0 bridgehead atoms. The summed E-state index contributed by atoms with van der Waals surface area (Å²) in [4.78, 5) is 48.8. The predicted octanol–water partition coefficient (Wildman–Crippen LogP) is 3.50. The topological polar surface area (TPSA) is 88.5 Å². The van der Waals surface area contributed by atoms with Crippen molar-refractivity contribution in [1.29, 1.82) is 0 Å². The fraction of sp³-hybridized carbons (Fsp3) is 0.474. The Kier molecular flexibility index (Phi) is 6.72. The molecular weight excluding hydrogens is 354 g/mol. The van der Waals surface area contributed by atoms with Gasteiger partial charge in [-0.3, -0.25) is 9.59 Å². The van der Waals surface area contributed by atoms with Crippen molar-refractivity contribution in [2.45, 2.75) is 50.8 Å². The first-order chi connectivity index (χ1) is 12.3. The highest BCUT2D eigenvalue weighted by atomic mass is 32.2. The Bertz CT molecular complexity index is 705. The van der Waals surface area contributed by atoms with Gasteiger partial charge in [0.15, 0.2) is 10.9 Å². The zero-order valence-electron chi connectivity index (χ0n) is 15.0. The average molecular weight is 378 g/mol. The van der Waals surface area contributed by atoms with Gasteiger partial charge in [-0.25, -0.2) is 4.79 Å². The van der Waals surface area contributed by atoms with Crippen LogP contribution >= 0.6 is 11.8 Å². The van der Waals surface area contributed by atoms with E-state index in [1.807, 2.05) is 0 Å². The van der Waals surface area contributed by atoms with Gasteiger partial charge < -0.3 is 5.11 Å². The molecule has 0 saturated carbocycles. The summed E-state index contributed by atoms with van der Waals surface area (Å²) >= 11 is 0.900. The molecule has 1 aliphatic heterocycles. The van der Waals surface area contributed by atoms with Crippen LogP contribution in [0, 0.1) is 0 Å². The van der Waals surface area contributed by atoms with E-state index in [1.165, 1.54) is 6.92 Å². The van der Waals surface area contributed by atoms with Crippen LogP contribution in [0.2, 0.25) is 0 Å². The Morgan fingerprint density at radius 3 is 2.38 bits per heavy atom. The normalized spacial score (nSPS) is 23.4. The van der Waals surface area contributed by atoms with Crippen molar-refractivity contribution in [2.24, 2.45) is 0 Å². The van der Waals surface area contributed by atoms with Gasteiger partial charge in [0.05, 0.1) is 18.2 Å². The number of carbonyl (C=O) groups is 4. The lowest BCUT2D eigenvalue weighted by atomic mass is 10.0. The maximum absolute atomic E-state index is 12.8. The third kappa shape index (κ3) is 4.22. The molecule has 1 saturated heterocycles. The van der Waals surface area contributed by atoms with Gasteiger partial charge in [0.25, 0.3) is 0 Å². The highest BCUT2D eigenvalue weighted by Gasteiger charge is 2.52. The van der Waals surface area contributed by atoms with Crippen molar-refractivity contribution < 1.29 is 28.8 Å². The highest BCUT2D eigenvalue weighted by Crippen LogP contribution is 2.30. The van der Waals surface area contributed by atoms with Gasteiger partial charge in [-0.05, 0) is 13.3 Å². The Balaban J connectivity index is 2.14. The number of carboxylic acid groups (broad SMARTS) is 1. The SMILES string of the molecule is CC(=O)SC(CCC(=O)[N+]1(C(=O)O)CCC[C@H]1C)C(=O)c1ccccc1. The first-order valence-electron chi connectivity index (χ1n) is 8.70. The molecule has 26 heavy (non-hydrogen) atoms. The van der Waals surface area contributed by atoms with Crippen molar-refractivity contribution in [3.05, 3.63) is 35.9 Å². The van der Waals surface area contributed by atoms with Crippen LogP contribution in [0.3, 0.4) is 0 Å². The summed E-state index contributed by atoms with van der Waals surface area (Å²) in [6, 6.07) is 8.35. The zero-order valence-corrected chi connectivity index (χ0v) is 15.8. The highest BCUT2D eigenvalue weighted by molar-refractivity contribution is 8.14. The summed E-state index contributed by atoms with van der Waals surface area (Å²) in [5.41, 5.74) is 0.482. The van der Waals surface area contributed by atoms with E-state index in [4.69, 9.17) is 0 Å². The molecule has 2 amide bonds. The lowest BCUT2D eigenvalue weighted by Gasteiger charge is -2.30. The third-order valence-electron chi connectivity index (χ3n) is 4.95. The van der Waals surface area contributed by atoms with Crippen LogP contribution < -0.4 is 0 Å². The Hall–Kier alpha value is -1.99. The third-order valence-corrected chi connectivity index (χ3v) is 6.02.